The summed E-state index contributed by atoms with van der Waals surface area (Å²) in [6.07, 6.45) is 4.67. The monoisotopic (exact) mass is 303 g/mol. The molecule has 1 amide bonds. The number of carbonyl (C=O) groups is 1. The van der Waals surface area contributed by atoms with Crippen molar-refractivity contribution in [1.29, 1.82) is 0 Å². The predicted octanol–water partition coefficient (Wildman–Crippen LogP) is 3.22. The van der Waals surface area contributed by atoms with E-state index in [1.165, 1.54) is 6.42 Å². The van der Waals surface area contributed by atoms with Gasteiger partial charge in [-0.2, -0.15) is 0 Å². The summed E-state index contributed by atoms with van der Waals surface area (Å²) in [7, 11) is 3.21. The fourth-order valence-electron chi connectivity index (χ4n) is 3.07. The van der Waals surface area contributed by atoms with Crippen molar-refractivity contribution >= 4 is 12.0 Å². The maximum atomic E-state index is 12.3. The highest BCUT2D eigenvalue weighted by Crippen LogP contribution is 2.28. The second-order valence-electron chi connectivity index (χ2n) is 6.14. The first kappa shape index (κ1) is 16.4. The predicted molar refractivity (Wildman–Crippen MR) is 88.1 cm³/mol. The van der Waals surface area contributed by atoms with Gasteiger partial charge in [0.1, 0.15) is 0 Å². The van der Waals surface area contributed by atoms with E-state index in [0.29, 0.717) is 23.3 Å². The molecule has 0 bridgehead atoms. The second kappa shape index (κ2) is 7.34. The van der Waals surface area contributed by atoms with Crippen molar-refractivity contribution in [2.75, 3.05) is 27.3 Å². The lowest BCUT2D eigenvalue weighted by atomic mass is 9.92. The first-order valence-corrected chi connectivity index (χ1v) is 7.72. The van der Waals surface area contributed by atoms with Crippen LogP contribution in [0.2, 0.25) is 0 Å². The van der Waals surface area contributed by atoms with Crippen LogP contribution in [0.4, 0.5) is 0 Å². The van der Waals surface area contributed by atoms with Crippen LogP contribution in [0.15, 0.2) is 24.3 Å². The first-order chi connectivity index (χ1) is 10.5. The van der Waals surface area contributed by atoms with E-state index in [4.69, 9.17) is 9.47 Å². The van der Waals surface area contributed by atoms with Crippen LogP contribution in [0, 0.1) is 11.8 Å². The summed E-state index contributed by atoms with van der Waals surface area (Å²) in [6.45, 7) is 6.10. The minimum absolute atomic E-state index is 0.0770. The van der Waals surface area contributed by atoms with Crippen molar-refractivity contribution in [2.24, 2.45) is 11.8 Å². The van der Waals surface area contributed by atoms with Gasteiger partial charge >= 0.3 is 0 Å². The number of benzene rings is 1. The molecular weight excluding hydrogens is 278 g/mol. The first-order valence-electron chi connectivity index (χ1n) is 7.72. The zero-order valence-corrected chi connectivity index (χ0v) is 13.8. The van der Waals surface area contributed by atoms with Gasteiger partial charge in [-0.3, -0.25) is 4.79 Å². The van der Waals surface area contributed by atoms with Crippen molar-refractivity contribution in [3.63, 3.8) is 0 Å². The topological polar surface area (TPSA) is 38.8 Å². The van der Waals surface area contributed by atoms with Gasteiger partial charge in [-0.15, -0.1) is 0 Å². The molecule has 0 spiro atoms. The standard InChI is InChI=1S/C18H25NO3/c1-13-9-14(2)12-19(11-13)18(20)8-6-15-5-7-16(21-3)17(10-15)22-4/h5-8,10,13-14H,9,11-12H2,1-4H3/b8-6+/t13-,14-/m0/s1. The van der Waals surface area contributed by atoms with Gasteiger partial charge in [0.15, 0.2) is 11.5 Å². The van der Waals surface area contributed by atoms with E-state index in [9.17, 15) is 4.79 Å². The molecule has 4 heteroatoms. The number of hydrogen-bond acceptors (Lipinski definition) is 3. The molecule has 1 aliphatic rings. The highest BCUT2D eigenvalue weighted by atomic mass is 16.5. The molecule has 0 saturated carbocycles. The Morgan fingerprint density at radius 2 is 1.77 bits per heavy atom. The van der Waals surface area contributed by atoms with Crippen LogP contribution < -0.4 is 9.47 Å². The molecular formula is C18H25NO3. The third kappa shape index (κ3) is 4.03. The number of carbonyl (C=O) groups excluding carboxylic acids is 1. The lowest BCUT2D eigenvalue weighted by Crippen LogP contribution is -2.41. The van der Waals surface area contributed by atoms with Crippen LogP contribution >= 0.6 is 0 Å². The summed E-state index contributed by atoms with van der Waals surface area (Å²) in [4.78, 5) is 14.3. The number of hydrogen-bond donors (Lipinski definition) is 0. The van der Waals surface area contributed by atoms with Gasteiger partial charge in [-0.25, -0.2) is 0 Å². The summed E-state index contributed by atoms with van der Waals surface area (Å²) >= 11 is 0. The van der Waals surface area contributed by atoms with E-state index in [1.807, 2.05) is 29.2 Å². The van der Waals surface area contributed by atoms with Crippen molar-refractivity contribution in [3.8, 4) is 11.5 Å². The van der Waals surface area contributed by atoms with Crippen molar-refractivity contribution in [2.45, 2.75) is 20.3 Å². The minimum Gasteiger partial charge on any atom is -0.493 e. The Kier molecular flexibility index (Phi) is 5.47. The number of likely N-dealkylation sites (tertiary alicyclic amines) is 1. The Morgan fingerprint density at radius 1 is 1.14 bits per heavy atom. The summed E-state index contributed by atoms with van der Waals surface area (Å²) < 4.78 is 10.5. The van der Waals surface area contributed by atoms with E-state index in [2.05, 4.69) is 13.8 Å². The molecule has 4 nitrogen and oxygen atoms in total. The number of nitrogens with zero attached hydrogens (tertiary/aromatic N) is 1. The van der Waals surface area contributed by atoms with E-state index < -0.39 is 0 Å². The van der Waals surface area contributed by atoms with E-state index >= 15 is 0 Å². The van der Waals surface area contributed by atoms with Crippen LogP contribution in [0.5, 0.6) is 11.5 Å². The molecule has 0 N–H and O–H groups in total. The van der Waals surface area contributed by atoms with Gasteiger partial charge in [-0.05, 0) is 42.0 Å². The Bertz CT molecular complexity index is 543. The third-order valence-electron chi connectivity index (χ3n) is 4.01. The molecule has 1 heterocycles. The summed E-state index contributed by atoms with van der Waals surface area (Å²) in [5.74, 6) is 2.57. The smallest absolute Gasteiger partial charge is 0.246 e. The van der Waals surface area contributed by atoms with Gasteiger partial charge in [0, 0.05) is 19.2 Å². The highest BCUT2D eigenvalue weighted by molar-refractivity contribution is 5.92. The van der Waals surface area contributed by atoms with Gasteiger partial charge in [0.05, 0.1) is 14.2 Å². The second-order valence-corrected chi connectivity index (χ2v) is 6.14. The van der Waals surface area contributed by atoms with Crippen molar-refractivity contribution in [3.05, 3.63) is 29.8 Å². The fraction of sp³-hybridized carbons (Fsp3) is 0.500. The highest BCUT2D eigenvalue weighted by Gasteiger charge is 2.23. The zero-order valence-electron chi connectivity index (χ0n) is 13.8. The maximum absolute atomic E-state index is 12.3. The quantitative estimate of drug-likeness (QED) is 0.802. The molecule has 1 aromatic carbocycles. The molecule has 2 atom stereocenters. The van der Waals surface area contributed by atoms with E-state index in [0.717, 1.165) is 18.7 Å². The van der Waals surface area contributed by atoms with E-state index in [1.54, 1.807) is 20.3 Å². The molecule has 0 radical (unpaired) electrons. The maximum Gasteiger partial charge on any atom is 0.246 e. The van der Waals surface area contributed by atoms with Crippen LogP contribution in [-0.2, 0) is 4.79 Å². The number of piperidine rings is 1. The lowest BCUT2D eigenvalue weighted by Gasteiger charge is -2.34. The Balaban J connectivity index is 2.06. The molecule has 1 aromatic rings. The molecule has 0 unspecified atom stereocenters. The average Bonchev–Trinajstić information content (AvgIpc) is 2.51. The van der Waals surface area contributed by atoms with Crippen LogP contribution in [0.25, 0.3) is 6.08 Å². The zero-order chi connectivity index (χ0) is 16.1. The third-order valence-corrected chi connectivity index (χ3v) is 4.01. The van der Waals surface area contributed by atoms with Gasteiger partial charge < -0.3 is 14.4 Å². The van der Waals surface area contributed by atoms with Crippen LogP contribution in [0.1, 0.15) is 25.8 Å². The van der Waals surface area contributed by atoms with Gasteiger partial charge in [0.2, 0.25) is 5.91 Å². The molecule has 120 valence electrons. The van der Waals surface area contributed by atoms with Gasteiger partial charge in [-0.1, -0.05) is 19.9 Å². The number of methoxy groups -OCH3 is 2. The summed E-state index contributed by atoms with van der Waals surface area (Å²) in [5.41, 5.74) is 0.920. The number of ether oxygens (including phenoxy) is 2. The average molecular weight is 303 g/mol. The summed E-state index contributed by atoms with van der Waals surface area (Å²) in [6, 6.07) is 5.62. The number of amides is 1. The Morgan fingerprint density at radius 3 is 2.36 bits per heavy atom. The largest absolute Gasteiger partial charge is 0.493 e. The van der Waals surface area contributed by atoms with Crippen LogP contribution in [-0.4, -0.2) is 38.1 Å². The Labute approximate surface area is 132 Å². The SMILES string of the molecule is COc1ccc(/C=C/C(=O)N2C[C@@H](C)C[C@H](C)C2)cc1OC. The molecule has 1 saturated heterocycles. The number of rotatable bonds is 4. The van der Waals surface area contributed by atoms with Crippen LogP contribution in [0.3, 0.4) is 0 Å². The molecule has 1 aliphatic heterocycles. The van der Waals surface area contributed by atoms with Gasteiger partial charge in [0.25, 0.3) is 0 Å². The molecule has 0 aromatic heterocycles. The molecule has 1 fully saturated rings. The molecule has 0 aliphatic carbocycles. The van der Waals surface area contributed by atoms with Crippen molar-refractivity contribution < 1.29 is 14.3 Å². The lowest BCUT2D eigenvalue weighted by molar-refractivity contribution is -0.128. The van der Waals surface area contributed by atoms with E-state index in [-0.39, 0.29) is 5.91 Å². The Hall–Kier alpha value is -1.97. The normalized spacial score (nSPS) is 21.9. The van der Waals surface area contributed by atoms with Crippen molar-refractivity contribution in [1.82, 2.24) is 4.90 Å². The minimum atomic E-state index is 0.0770. The molecule has 2 rings (SSSR count). The molecule has 22 heavy (non-hydrogen) atoms. The fourth-order valence-corrected chi connectivity index (χ4v) is 3.07. The summed E-state index contributed by atoms with van der Waals surface area (Å²) in [5, 5.41) is 0.